The molecular formula is C15H14BrClN2O2. The summed E-state index contributed by atoms with van der Waals surface area (Å²) >= 11 is 9.50. The molecule has 1 fully saturated rings. The van der Waals surface area contributed by atoms with Gasteiger partial charge in [0.25, 0.3) is 5.56 Å². The van der Waals surface area contributed by atoms with Gasteiger partial charge in [-0.2, -0.15) is 0 Å². The summed E-state index contributed by atoms with van der Waals surface area (Å²) in [5.41, 5.74) is -0.149. The van der Waals surface area contributed by atoms with Crippen LogP contribution in [0.3, 0.4) is 0 Å². The molecule has 1 heterocycles. The first-order valence-corrected chi connectivity index (χ1v) is 7.91. The van der Waals surface area contributed by atoms with Crippen molar-refractivity contribution in [2.75, 3.05) is 0 Å². The van der Waals surface area contributed by atoms with Gasteiger partial charge in [-0.05, 0) is 43.9 Å². The van der Waals surface area contributed by atoms with Gasteiger partial charge in [0, 0.05) is 10.0 Å². The van der Waals surface area contributed by atoms with Crippen LogP contribution in [0.25, 0.3) is 11.1 Å². The third-order valence-corrected chi connectivity index (χ3v) is 4.92. The van der Waals surface area contributed by atoms with Gasteiger partial charge in [0.2, 0.25) is 0 Å². The monoisotopic (exact) mass is 368 g/mol. The highest BCUT2D eigenvalue weighted by Crippen LogP contribution is 2.37. The summed E-state index contributed by atoms with van der Waals surface area (Å²) in [6, 6.07) is 7.32. The van der Waals surface area contributed by atoms with E-state index < -0.39 is 11.2 Å². The van der Waals surface area contributed by atoms with Crippen LogP contribution < -0.4 is 11.2 Å². The molecular weight excluding hydrogens is 356 g/mol. The first-order valence-electron chi connectivity index (χ1n) is 6.74. The molecule has 1 aliphatic rings. The van der Waals surface area contributed by atoms with Crippen molar-refractivity contribution in [1.29, 1.82) is 0 Å². The van der Waals surface area contributed by atoms with Gasteiger partial charge in [0.15, 0.2) is 0 Å². The van der Waals surface area contributed by atoms with E-state index in [9.17, 15) is 9.59 Å². The van der Waals surface area contributed by atoms with Crippen molar-refractivity contribution in [3.63, 3.8) is 0 Å². The van der Waals surface area contributed by atoms with Gasteiger partial charge in [-0.1, -0.05) is 39.7 Å². The predicted octanol–water partition coefficient (Wildman–Crippen LogP) is 3.52. The lowest BCUT2D eigenvalue weighted by Crippen LogP contribution is -2.51. The third-order valence-electron chi connectivity index (χ3n) is 4.14. The number of hydrogen-bond acceptors (Lipinski definition) is 2. The summed E-state index contributed by atoms with van der Waals surface area (Å²) in [5, 5.41) is 0.0854. The Morgan fingerprint density at radius 3 is 2.62 bits per heavy atom. The fourth-order valence-electron chi connectivity index (χ4n) is 2.81. The number of aromatic nitrogens is 2. The van der Waals surface area contributed by atoms with Gasteiger partial charge >= 0.3 is 5.69 Å². The quantitative estimate of drug-likeness (QED) is 0.824. The fraction of sp³-hybridized carbons (Fsp3) is 0.333. The Labute approximate surface area is 134 Å². The highest BCUT2D eigenvalue weighted by molar-refractivity contribution is 9.10. The Morgan fingerprint density at radius 2 is 2.05 bits per heavy atom. The van der Waals surface area contributed by atoms with Crippen LogP contribution in [0.5, 0.6) is 0 Å². The fourth-order valence-corrected chi connectivity index (χ4v) is 3.48. The summed E-state index contributed by atoms with van der Waals surface area (Å²) in [7, 11) is 0. The van der Waals surface area contributed by atoms with Gasteiger partial charge in [-0.3, -0.25) is 14.3 Å². The zero-order chi connectivity index (χ0) is 15.2. The van der Waals surface area contributed by atoms with Gasteiger partial charge in [-0.15, -0.1) is 0 Å². The van der Waals surface area contributed by atoms with Gasteiger partial charge in [0.1, 0.15) is 5.15 Å². The molecule has 0 atom stereocenters. The van der Waals surface area contributed by atoms with Crippen LogP contribution >= 0.6 is 27.5 Å². The lowest BCUT2D eigenvalue weighted by Gasteiger charge is -2.39. The Morgan fingerprint density at radius 1 is 1.33 bits per heavy atom. The smallest absolute Gasteiger partial charge is 0.297 e. The molecule has 0 bridgehead atoms. The van der Waals surface area contributed by atoms with Crippen LogP contribution in [0.15, 0.2) is 38.3 Å². The minimum absolute atomic E-state index is 0.0854. The van der Waals surface area contributed by atoms with Gasteiger partial charge < -0.3 is 0 Å². The second-order valence-corrected chi connectivity index (χ2v) is 6.91. The van der Waals surface area contributed by atoms with E-state index in [1.165, 1.54) is 4.57 Å². The average molecular weight is 370 g/mol. The average Bonchev–Trinajstić information content (AvgIpc) is 2.36. The van der Waals surface area contributed by atoms with Crippen LogP contribution in [0.1, 0.15) is 26.2 Å². The molecule has 6 heteroatoms. The maximum Gasteiger partial charge on any atom is 0.330 e. The molecule has 1 N–H and O–H groups in total. The number of nitrogens with one attached hydrogen (secondary N) is 1. The first-order chi connectivity index (χ1) is 9.92. The molecule has 1 saturated carbocycles. The van der Waals surface area contributed by atoms with Gasteiger partial charge in [-0.25, -0.2) is 4.79 Å². The summed E-state index contributed by atoms with van der Waals surface area (Å²) in [5.74, 6) is 0. The summed E-state index contributed by atoms with van der Waals surface area (Å²) < 4.78 is 2.17. The molecule has 0 unspecified atom stereocenters. The van der Waals surface area contributed by atoms with Crippen LogP contribution in [-0.2, 0) is 5.54 Å². The van der Waals surface area contributed by atoms with Crippen LogP contribution in [0.4, 0.5) is 0 Å². The second-order valence-electron chi connectivity index (χ2n) is 5.62. The second kappa shape index (κ2) is 5.14. The minimum Gasteiger partial charge on any atom is -0.297 e. The highest BCUT2D eigenvalue weighted by atomic mass is 79.9. The largest absolute Gasteiger partial charge is 0.330 e. The normalized spacial score (nSPS) is 16.5. The SMILES string of the molecule is CC1(n2c(=O)[nH]c(Cl)c(-c3cccc(Br)c3)c2=O)CCC1. The van der Waals surface area contributed by atoms with Crippen LogP contribution in [0, 0.1) is 0 Å². The van der Waals surface area contributed by atoms with Crippen LogP contribution in [-0.4, -0.2) is 9.55 Å². The van der Waals surface area contributed by atoms with Crippen LogP contribution in [0.2, 0.25) is 5.15 Å². The van der Waals surface area contributed by atoms with E-state index in [-0.39, 0.29) is 10.7 Å². The number of rotatable bonds is 2. The van der Waals surface area contributed by atoms with Crippen molar-refractivity contribution in [2.45, 2.75) is 31.7 Å². The Hall–Kier alpha value is -1.33. The number of benzene rings is 1. The molecule has 110 valence electrons. The lowest BCUT2D eigenvalue weighted by molar-refractivity contribution is 0.156. The molecule has 3 rings (SSSR count). The van der Waals surface area contributed by atoms with Crippen molar-refractivity contribution in [3.8, 4) is 11.1 Å². The first kappa shape index (κ1) is 14.6. The van der Waals surface area contributed by atoms with E-state index in [1.807, 2.05) is 25.1 Å². The zero-order valence-electron chi connectivity index (χ0n) is 11.5. The molecule has 0 spiro atoms. The van der Waals surface area contributed by atoms with E-state index in [0.717, 1.165) is 23.7 Å². The van der Waals surface area contributed by atoms with Crippen molar-refractivity contribution < 1.29 is 0 Å². The molecule has 0 amide bonds. The number of H-pyrrole nitrogens is 1. The molecule has 1 aromatic carbocycles. The molecule has 2 aromatic rings. The summed E-state index contributed by atoms with van der Waals surface area (Å²) in [6.07, 6.45) is 2.68. The molecule has 4 nitrogen and oxygen atoms in total. The van der Waals surface area contributed by atoms with Crippen molar-refractivity contribution >= 4 is 27.5 Å². The topological polar surface area (TPSA) is 54.9 Å². The highest BCUT2D eigenvalue weighted by Gasteiger charge is 2.37. The molecule has 0 aliphatic heterocycles. The van der Waals surface area contributed by atoms with E-state index in [2.05, 4.69) is 20.9 Å². The van der Waals surface area contributed by atoms with Crippen molar-refractivity contribution in [1.82, 2.24) is 9.55 Å². The number of hydrogen-bond donors (Lipinski definition) is 1. The maximum atomic E-state index is 12.8. The summed E-state index contributed by atoms with van der Waals surface area (Å²) in [4.78, 5) is 27.6. The molecule has 1 aliphatic carbocycles. The van der Waals surface area contributed by atoms with E-state index in [1.54, 1.807) is 6.07 Å². The molecule has 0 saturated heterocycles. The van der Waals surface area contributed by atoms with E-state index >= 15 is 0 Å². The number of nitrogens with zero attached hydrogens (tertiary/aromatic N) is 1. The number of aromatic amines is 1. The molecule has 0 radical (unpaired) electrons. The van der Waals surface area contributed by atoms with E-state index in [0.29, 0.717) is 11.1 Å². The summed E-state index contributed by atoms with van der Waals surface area (Å²) in [6.45, 7) is 1.94. The van der Waals surface area contributed by atoms with Crippen molar-refractivity contribution in [2.24, 2.45) is 0 Å². The Balaban J connectivity index is 2.30. The minimum atomic E-state index is -0.439. The number of halogens is 2. The maximum absolute atomic E-state index is 12.8. The Bertz CT molecular complexity index is 821. The zero-order valence-corrected chi connectivity index (χ0v) is 13.8. The molecule has 1 aromatic heterocycles. The predicted molar refractivity (Wildman–Crippen MR) is 87.0 cm³/mol. The lowest BCUT2D eigenvalue weighted by atomic mass is 9.78. The standard InChI is InChI=1S/C15H14BrClN2O2/c1-15(6-3-7-15)19-13(20)11(12(17)18-14(19)21)9-4-2-5-10(16)8-9/h2,4-5,8H,3,6-7H2,1H3,(H,18,21). The van der Waals surface area contributed by atoms with Gasteiger partial charge in [0.05, 0.1) is 5.56 Å². The van der Waals surface area contributed by atoms with Crippen molar-refractivity contribution in [3.05, 3.63) is 54.7 Å². The molecule has 21 heavy (non-hydrogen) atoms. The Kier molecular flexibility index (Phi) is 3.58. The van der Waals surface area contributed by atoms with E-state index in [4.69, 9.17) is 11.6 Å². The third kappa shape index (κ3) is 2.38.